The van der Waals surface area contributed by atoms with Crippen LogP contribution in [0.4, 0.5) is 0 Å². The van der Waals surface area contributed by atoms with Gasteiger partial charge in [0.25, 0.3) is 0 Å². The van der Waals surface area contributed by atoms with Crippen molar-refractivity contribution in [3.63, 3.8) is 0 Å². The number of carbonyl (C=O) groups excluding carboxylic acids is 2. The van der Waals surface area contributed by atoms with Crippen LogP contribution in [0.25, 0.3) is 0 Å². The van der Waals surface area contributed by atoms with Gasteiger partial charge in [0.05, 0.1) is 19.8 Å². The summed E-state index contributed by atoms with van der Waals surface area (Å²) in [4.78, 5) is 25.6. The minimum atomic E-state index is -1.79. The molecule has 15 heteroatoms. The van der Waals surface area contributed by atoms with Crippen molar-refractivity contribution in [3.05, 3.63) is 109 Å². The van der Waals surface area contributed by atoms with Crippen molar-refractivity contribution in [1.29, 1.82) is 0 Å². The van der Waals surface area contributed by atoms with Crippen molar-refractivity contribution < 1.29 is 73.8 Å². The highest BCUT2D eigenvalue weighted by Gasteiger charge is 2.47. The average molecular weight is 903 g/mol. The Hall–Kier alpha value is -3.84. The average Bonchev–Trinajstić information content (AvgIpc) is 3.29. The summed E-state index contributed by atoms with van der Waals surface area (Å²) >= 11 is 0. The number of ether oxygens (including phenoxy) is 6. The van der Waals surface area contributed by atoms with Gasteiger partial charge in [-0.25, -0.2) is 0 Å². The zero-order valence-corrected chi connectivity index (χ0v) is 37.5. The smallest absolute Gasteiger partial charge is 0.306 e. The first-order chi connectivity index (χ1) is 31.0. The predicted octanol–water partition coefficient (Wildman–Crippen LogP) is 4.81. The van der Waals surface area contributed by atoms with Gasteiger partial charge in [-0.05, 0) is 44.9 Å². The lowest BCUT2D eigenvalue weighted by molar-refractivity contribution is -0.332. The Bertz CT molecular complexity index is 1530. The topological polar surface area (TPSA) is 231 Å². The molecule has 11 atom stereocenters. The molecule has 7 N–H and O–H groups in total. The maximum absolute atomic E-state index is 12.9. The lowest BCUT2D eigenvalue weighted by Crippen LogP contribution is -2.61. The summed E-state index contributed by atoms with van der Waals surface area (Å²) in [5, 5.41) is 71.9. The fourth-order valence-electron chi connectivity index (χ4n) is 6.25. The molecule has 2 aliphatic rings. The van der Waals surface area contributed by atoms with E-state index in [0.717, 1.165) is 44.9 Å². The molecule has 0 aromatic rings. The molecule has 2 saturated heterocycles. The number of hydrogen-bond acceptors (Lipinski definition) is 15. The van der Waals surface area contributed by atoms with E-state index in [0.29, 0.717) is 19.3 Å². The third-order valence-electron chi connectivity index (χ3n) is 9.97. The van der Waals surface area contributed by atoms with Crippen LogP contribution in [-0.4, -0.2) is 142 Å². The highest BCUT2D eigenvalue weighted by atomic mass is 16.7. The molecular formula is C49H74O15. The summed E-state index contributed by atoms with van der Waals surface area (Å²) in [7, 11) is 0. The number of carbonyl (C=O) groups is 2. The van der Waals surface area contributed by atoms with Crippen molar-refractivity contribution in [1.82, 2.24) is 0 Å². The van der Waals surface area contributed by atoms with Gasteiger partial charge >= 0.3 is 11.9 Å². The number of aliphatic hydroxyl groups excluding tert-OH is 7. The molecule has 0 aliphatic carbocycles. The van der Waals surface area contributed by atoms with Crippen LogP contribution in [-0.2, 0) is 38.0 Å². The normalized spacial score (nSPS) is 27.6. The molecule has 15 nitrogen and oxygen atoms in total. The van der Waals surface area contributed by atoms with Gasteiger partial charge in [0.2, 0.25) is 0 Å². The number of rotatable bonds is 31. The van der Waals surface area contributed by atoms with Gasteiger partial charge in [-0.1, -0.05) is 142 Å². The summed E-state index contributed by atoms with van der Waals surface area (Å²) < 4.78 is 33.3. The lowest BCUT2D eigenvalue weighted by atomic mass is 9.98. The molecule has 0 spiro atoms. The Morgan fingerprint density at radius 1 is 0.500 bits per heavy atom. The Labute approximate surface area is 379 Å². The Morgan fingerprint density at radius 3 is 1.52 bits per heavy atom. The van der Waals surface area contributed by atoms with Gasteiger partial charge < -0.3 is 64.2 Å². The number of allylic oxidation sites excluding steroid dienone is 18. The van der Waals surface area contributed by atoms with E-state index >= 15 is 0 Å². The molecule has 360 valence electrons. The van der Waals surface area contributed by atoms with Crippen molar-refractivity contribution in [3.8, 4) is 0 Å². The highest BCUT2D eigenvalue weighted by Crippen LogP contribution is 2.26. The van der Waals surface area contributed by atoms with E-state index in [1.807, 2.05) is 91.1 Å². The molecule has 2 heterocycles. The molecule has 0 amide bonds. The molecule has 0 aromatic carbocycles. The number of unbranched alkanes of at least 4 members (excludes halogenated alkanes) is 6. The molecule has 5 unspecified atom stereocenters. The quantitative estimate of drug-likeness (QED) is 0.0281. The second-order valence-corrected chi connectivity index (χ2v) is 15.3. The van der Waals surface area contributed by atoms with E-state index in [1.165, 1.54) is 0 Å². The third-order valence-corrected chi connectivity index (χ3v) is 9.97. The monoisotopic (exact) mass is 903 g/mol. The summed E-state index contributed by atoms with van der Waals surface area (Å²) in [6.07, 6.45) is 27.1. The van der Waals surface area contributed by atoms with E-state index in [1.54, 1.807) is 0 Å². The van der Waals surface area contributed by atoms with E-state index in [4.69, 9.17) is 28.4 Å². The Balaban J connectivity index is 1.91. The lowest BCUT2D eigenvalue weighted by Gasteiger charge is -2.42. The molecule has 0 aromatic heterocycles. The second kappa shape index (κ2) is 35.4. The highest BCUT2D eigenvalue weighted by molar-refractivity contribution is 5.70. The van der Waals surface area contributed by atoms with Gasteiger partial charge in [0, 0.05) is 12.8 Å². The zero-order chi connectivity index (χ0) is 46.8. The van der Waals surface area contributed by atoms with Crippen molar-refractivity contribution in [2.24, 2.45) is 0 Å². The van der Waals surface area contributed by atoms with Crippen molar-refractivity contribution in [2.45, 2.75) is 158 Å². The van der Waals surface area contributed by atoms with Gasteiger partial charge in [-0.2, -0.15) is 0 Å². The van der Waals surface area contributed by atoms with Crippen LogP contribution in [0.1, 0.15) is 90.9 Å². The minimum Gasteiger partial charge on any atom is -0.462 e. The molecule has 2 aliphatic heterocycles. The summed E-state index contributed by atoms with van der Waals surface area (Å²) in [6, 6.07) is 0. The second-order valence-electron chi connectivity index (χ2n) is 15.3. The zero-order valence-electron chi connectivity index (χ0n) is 37.5. The van der Waals surface area contributed by atoms with Crippen molar-refractivity contribution >= 4 is 11.9 Å². The fourth-order valence-corrected chi connectivity index (χ4v) is 6.25. The van der Waals surface area contributed by atoms with Gasteiger partial charge in [0.1, 0.15) is 55.4 Å². The van der Waals surface area contributed by atoms with Crippen LogP contribution in [0.15, 0.2) is 109 Å². The first kappa shape index (κ1) is 56.3. The third kappa shape index (κ3) is 23.9. The molecular weight excluding hydrogens is 829 g/mol. The van der Waals surface area contributed by atoms with Crippen LogP contribution < -0.4 is 0 Å². The largest absolute Gasteiger partial charge is 0.462 e. The Morgan fingerprint density at radius 2 is 0.953 bits per heavy atom. The van der Waals surface area contributed by atoms with Crippen LogP contribution in [0.2, 0.25) is 0 Å². The predicted molar refractivity (Wildman–Crippen MR) is 242 cm³/mol. The SMILES string of the molecule is CC/C=C/C=C/C=C/C=C/C=C/CCCC(=O)OC(COC(=O)CCCCCCC/C=C/C=C/C=C/C=C/CC)CO[C@@H]1O[C@H](CO[C@@H]2O[C@H](CO)[C@H](O)C(O)C2O)[C@H](O)C(O)C1O. The molecule has 0 saturated carbocycles. The van der Waals surface area contributed by atoms with E-state index in [-0.39, 0.29) is 19.4 Å². The van der Waals surface area contributed by atoms with E-state index in [2.05, 4.69) is 32.1 Å². The number of hydrogen-bond donors (Lipinski definition) is 7. The maximum Gasteiger partial charge on any atom is 0.306 e. The van der Waals surface area contributed by atoms with Crippen LogP contribution in [0, 0.1) is 0 Å². The Kier molecular flexibility index (Phi) is 31.2. The first-order valence-corrected chi connectivity index (χ1v) is 22.6. The fraction of sp³-hybridized carbons (Fsp3) is 0.592. The van der Waals surface area contributed by atoms with Crippen molar-refractivity contribution in [2.75, 3.05) is 26.4 Å². The van der Waals surface area contributed by atoms with Crippen LogP contribution in [0.3, 0.4) is 0 Å². The van der Waals surface area contributed by atoms with Gasteiger partial charge in [-0.15, -0.1) is 0 Å². The molecule has 0 radical (unpaired) electrons. The molecule has 64 heavy (non-hydrogen) atoms. The number of esters is 2. The number of aliphatic hydroxyl groups is 7. The van der Waals surface area contributed by atoms with Crippen LogP contribution >= 0.6 is 0 Å². The van der Waals surface area contributed by atoms with Crippen LogP contribution in [0.5, 0.6) is 0 Å². The first-order valence-electron chi connectivity index (χ1n) is 22.6. The summed E-state index contributed by atoms with van der Waals surface area (Å²) in [5.41, 5.74) is 0. The van der Waals surface area contributed by atoms with E-state index in [9.17, 15) is 45.3 Å². The molecule has 0 bridgehead atoms. The molecule has 2 fully saturated rings. The molecule has 2 rings (SSSR count). The maximum atomic E-state index is 12.9. The summed E-state index contributed by atoms with van der Waals surface area (Å²) in [6.45, 7) is 2.14. The van der Waals surface area contributed by atoms with E-state index < -0.39 is 99.3 Å². The van der Waals surface area contributed by atoms with Gasteiger partial charge in [-0.3, -0.25) is 9.59 Å². The van der Waals surface area contributed by atoms with Gasteiger partial charge in [0.15, 0.2) is 18.7 Å². The summed E-state index contributed by atoms with van der Waals surface area (Å²) in [5.74, 6) is -1.06. The minimum absolute atomic E-state index is 0.0556. The standard InChI is InChI=1S/C49H74O15/c1-3-5-7-9-11-13-15-17-18-20-21-23-25-27-29-31-40(51)59-34-37(62-41(52)32-30-28-26-24-22-19-16-14-12-10-8-6-4-2)35-60-48-47(58)45(56)43(54)39(64-48)36-61-49-46(57)44(55)42(53)38(33-50)63-49/h5-19,22,24,26,37-39,42-50,53-58H,3-4,20-21,23,25,27-36H2,1-2H3/b7-5+,8-6+,11-9+,12-10+,15-13+,16-14+,18-17+,22-19+,26-24+/t37?,38-,39-,42+,43+,44?,45?,46?,47?,48-,49-/m1/s1.